The summed E-state index contributed by atoms with van der Waals surface area (Å²) in [5, 5.41) is 13.4. The van der Waals surface area contributed by atoms with Crippen molar-refractivity contribution in [1.82, 2.24) is 4.90 Å². The molecule has 3 amide bonds. The Balaban J connectivity index is 1.30. The molecule has 2 aromatic rings. The number of nitrogens with one attached hydrogen (secondary N) is 1. The van der Waals surface area contributed by atoms with Crippen LogP contribution >= 0.6 is 0 Å². The number of nitro groups is 1. The fourth-order valence-electron chi connectivity index (χ4n) is 5.98. The number of carbonyl (C=O) groups excluding carboxylic acids is 4. The maximum Gasteiger partial charge on any atom is 0.330 e. The van der Waals surface area contributed by atoms with E-state index in [0.29, 0.717) is 0 Å². The summed E-state index contributed by atoms with van der Waals surface area (Å²) in [6.45, 7) is -0.666. The first-order valence-corrected chi connectivity index (χ1v) is 11.9. The van der Waals surface area contributed by atoms with E-state index in [-0.39, 0.29) is 53.3 Å². The van der Waals surface area contributed by atoms with Gasteiger partial charge in [-0.1, -0.05) is 36.4 Å². The molecule has 2 aliphatic carbocycles. The van der Waals surface area contributed by atoms with E-state index in [1.54, 1.807) is 24.3 Å². The second kappa shape index (κ2) is 9.52. The number of non-ortho nitro benzene ring substituents is 1. The fraction of sp³-hybridized carbons (Fsp3) is 0.385. The Bertz CT molecular complexity index is 1200. The highest BCUT2D eigenvalue weighted by Crippen LogP contribution is 2.56. The summed E-state index contributed by atoms with van der Waals surface area (Å²) >= 11 is 0. The lowest BCUT2D eigenvalue weighted by molar-refractivity contribution is -0.384. The zero-order chi connectivity index (χ0) is 25.4. The zero-order valence-electron chi connectivity index (χ0n) is 19.4. The Kier molecular flexibility index (Phi) is 6.26. The third-order valence-electron chi connectivity index (χ3n) is 7.50. The molecule has 0 spiro atoms. The highest BCUT2D eigenvalue weighted by molar-refractivity contribution is 6.08. The highest BCUT2D eigenvalue weighted by Gasteiger charge is 2.62. The van der Waals surface area contributed by atoms with Crippen molar-refractivity contribution in [3.8, 4) is 0 Å². The van der Waals surface area contributed by atoms with Crippen molar-refractivity contribution in [3.05, 3.63) is 70.3 Å². The quantitative estimate of drug-likeness (QED) is 0.259. The Morgan fingerprint density at radius 3 is 2.33 bits per heavy atom. The van der Waals surface area contributed by atoms with E-state index in [2.05, 4.69) is 5.32 Å². The van der Waals surface area contributed by atoms with Crippen LogP contribution in [-0.2, 0) is 30.3 Å². The lowest BCUT2D eigenvalue weighted by atomic mass is 9.81. The molecule has 2 aromatic carbocycles. The predicted octanol–water partition coefficient (Wildman–Crippen LogP) is 2.72. The van der Waals surface area contributed by atoms with Crippen molar-refractivity contribution in [1.29, 1.82) is 0 Å². The molecule has 2 bridgehead atoms. The lowest BCUT2D eigenvalue weighted by Crippen LogP contribution is -2.48. The minimum absolute atomic E-state index is 0.0818. The zero-order valence-corrected chi connectivity index (χ0v) is 19.4. The first kappa shape index (κ1) is 23.7. The molecule has 1 saturated heterocycles. The molecule has 2 saturated carbocycles. The molecule has 0 unspecified atom stereocenters. The molecule has 1 aliphatic heterocycles. The average molecular weight is 492 g/mol. The lowest BCUT2D eigenvalue weighted by Gasteiger charge is -2.26. The molecule has 5 rings (SSSR count). The van der Waals surface area contributed by atoms with Crippen LogP contribution in [0.5, 0.6) is 0 Å². The largest absolute Gasteiger partial charge is 0.454 e. The first-order chi connectivity index (χ1) is 17.3. The number of carbonyl (C=O) groups is 4. The molecule has 3 fully saturated rings. The van der Waals surface area contributed by atoms with Crippen LogP contribution in [0.3, 0.4) is 0 Å². The molecule has 5 atom stereocenters. The van der Waals surface area contributed by atoms with Crippen LogP contribution in [0.2, 0.25) is 0 Å². The van der Waals surface area contributed by atoms with Gasteiger partial charge in [-0.05, 0) is 42.7 Å². The van der Waals surface area contributed by atoms with Crippen LogP contribution in [0.4, 0.5) is 11.4 Å². The Hall–Kier alpha value is -4.08. The van der Waals surface area contributed by atoms with E-state index >= 15 is 0 Å². The number of hydrogen-bond donors (Lipinski definition) is 1. The van der Waals surface area contributed by atoms with Gasteiger partial charge in [0.1, 0.15) is 6.04 Å². The third-order valence-corrected chi connectivity index (χ3v) is 7.50. The second-order valence-corrected chi connectivity index (χ2v) is 9.60. The minimum Gasteiger partial charge on any atom is -0.454 e. The second-order valence-electron chi connectivity index (χ2n) is 9.60. The summed E-state index contributed by atoms with van der Waals surface area (Å²) in [7, 11) is 0. The molecule has 3 aliphatic rings. The third kappa shape index (κ3) is 4.34. The number of amides is 3. The number of esters is 1. The van der Waals surface area contributed by atoms with Gasteiger partial charge < -0.3 is 10.1 Å². The molecule has 1 heterocycles. The topological polar surface area (TPSA) is 136 Å². The van der Waals surface area contributed by atoms with Crippen molar-refractivity contribution >= 4 is 35.1 Å². The van der Waals surface area contributed by atoms with Gasteiger partial charge in [-0.2, -0.15) is 0 Å². The average Bonchev–Trinajstić information content (AvgIpc) is 3.56. The SMILES string of the molecule is O=C(COC(=O)[C@H](Cc1ccccc1)N1C(=O)[C@@H]2[C@H]3CC[C@@H](C3)[C@@H]2C1=O)Nc1cccc([N+](=O)[O-])c1. The normalized spacial score (nSPS) is 24.9. The number of ether oxygens (including phenoxy) is 1. The molecular weight excluding hydrogens is 466 g/mol. The van der Waals surface area contributed by atoms with Gasteiger partial charge in [-0.25, -0.2) is 4.79 Å². The van der Waals surface area contributed by atoms with Crippen LogP contribution in [0.1, 0.15) is 24.8 Å². The van der Waals surface area contributed by atoms with Crippen molar-refractivity contribution in [2.24, 2.45) is 23.7 Å². The highest BCUT2D eigenvalue weighted by atomic mass is 16.6. The molecule has 36 heavy (non-hydrogen) atoms. The maximum absolute atomic E-state index is 13.4. The summed E-state index contributed by atoms with van der Waals surface area (Å²) in [5.41, 5.74) is 0.735. The van der Waals surface area contributed by atoms with Gasteiger partial charge in [0, 0.05) is 24.2 Å². The van der Waals surface area contributed by atoms with E-state index in [1.165, 1.54) is 24.3 Å². The van der Waals surface area contributed by atoms with Gasteiger partial charge in [-0.3, -0.25) is 29.4 Å². The number of benzene rings is 2. The molecule has 186 valence electrons. The van der Waals surface area contributed by atoms with Crippen molar-refractivity contribution in [2.45, 2.75) is 31.7 Å². The van der Waals surface area contributed by atoms with E-state index in [0.717, 1.165) is 29.7 Å². The molecule has 10 heteroatoms. The first-order valence-electron chi connectivity index (χ1n) is 11.9. The smallest absolute Gasteiger partial charge is 0.330 e. The molecular formula is C26H25N3O7. The Morgan fingerprint density at radius 2 is 1.69 bits per heavy atom. The molecule has 0 radical (unpaired) electrons. The number of rotatable bonds is 8. The number of nitro benzene ring substituents is 1. The van der Waals surface area contributed by atoms with Gasteiger partial charge in [-0.15, -0.1) is 0 Å². The number of nitrogens with zero attached hydrogens (tertiary/aromatic N) is 2. The number of hydrogen-bond acceptors (Lipinski definition) is 7. The van der Waals surface area contributed by atoms with Crippen LogP contribution in [0, 0.1) is 33.8 Å². The Labute approximate surface area is 206 Å². The minimum atomic E-state index is -1.18. The Morgan fingerprint density at radius 1 is 1.03 bits per heavy atom. The maximum atomic E-state index is 13.4. The molecule has 10 nitrogen and oxygen atoms in total. The summed E-state index contributed by atoms with van der Waals surface area (Å²) < 4.78 is 5.26. The number of anilines is 1. The number of likely N-dealkylation sites (tertiary alicyclic amines) is 1. The van der Waals surface area contributed by atoms with Crippen LogP contribution in [-0.4, -0.2) is 46.2 Å². The molecule has 0 aromatic heterocycles. The van der Waals surface area contributed by atoms with E-state index in [1.807, 2.05) is 6.07 Å². The summed E-state index contributed by atoms with van der Waals surface area (Å²) in [5.74, 6) is -2.59. The predicted molar refractivity (Wildman–Crippen MR) is 126 cm³/mol. The van der Waals surface area contributed by atoms with Crippen LogP contribution in [0.25, 0.3) is 0 Å². The number of fused-ring (bicyclic) bond motifs is 5. The van der Waals surface area contributed by atoms with Gasteiger partial charge in [0.15, 0.2) is 6.61 Å². The van der Waals surface area contributed by atoms with E-state index in [4.69, 9.17) is 4.74 Å². The van der Waals surface area contributed by atoms with E-state index < -0.39 is 29.4 Å². The monoisotopic (exact) mass is 491 g/mol. The summed E-state index contributed by atoms with van der Waals surface area (Å²) in [4.78, 5) is 63.7. The van der Waals surface area contributed by atoms with Gasteiger partial charge in [0.25, 0.3) is 11.6 Å². The summed E-state index contributed by atoms with van der Waals surface area (Å²) in [6.07, 6.45) is 2.80. The summed E-state index contributed by atoms with van der Waals surface area (Å²) in [6, 6.07) is 13.2. The van der Waals surface area contributed by atoms with Crippen molar-refractivity contribution in [3.63, 3.8) is 0 Å². The fourth-order valence-corrected chi connectivity index (χ4v) is 5.98. The van der Waals surface area contributed by atoms with E-state index in [9.17, 15) is 29.3 Å². The van der Waals surface area contributed by atoms with Crippen LogP contribution < -0.4 is 5.32 Å². The van der Waals surface area contributed by atoms with Crippen molar-refractivity contribution in [2.75, 3.05) is 11.9 Å². The standard InChI is InChI=1S/C26H25N3O7/c30-21(27-18-7-4-8-19(13-18)29(34)35)14-36-26(33)20(11-15-5-2-1-3-6-15)28-24(31)22-16-9-10-17(12-16)23(22)25(28)32/h1-8,13,16-17,20,22-23H,9-12,14H2,(H,27,30)/t16-,17-,20-,22-,23+/m0/s1. The van der Waals surface area contributed by atoms with Gasteiger partial charge in [0.05, 0.1) is 16.8 Å². The van der Waals surface area contributed by atoms with Gasteiger partial charge in [0.2, 0.25) is 11.8 Å². The van der Waals surface area contributed by atoms with Crippen LogP contribution in [0.15, 0.2) is 54.6 Å². The van der Waals surface area contributed by atoms with Crippen molar-refractivity contribution < 1.29 is 28.8 Å². The number of imide groups is 1. The molecule has 1 N–H and O–H groups in total. The van der Waals surface area contributed by atoms with Gasteiger partial charge >= 0.3 is 5.97 Å².